The zero-order chi connectivity index (χ0) is 10.4. The fourth-order valence-corrected chi connectivity index (χ4v) is 1.41. The molecule has 1 rings (SSSR count). The summed E-state index contributed by atoms with van der Waals surface area (Å²) in [6, 6.07) is 2.30. The van der Waals surface area contributed by atoms with Crippen molar-refractivity contribution in [2.24, 2.45) is 0 Å². The molecular weight excluding hydrogens is 174 g/mol. The molecule has 0 spiro atoms. The van der Waals surface area contributed by atoms with Gasteiger partial charge in [0.15, 0.2) is 0 Å². The summed E-state index contributed by atoms with van der Waals surface area (Å²) < 4.78 is 0. The van der Waals surface area contributed by atoms with Crippen LogP contribution < -0.4 is 5.32 Å². The van der Waals surface area contributed by atoms with E-state index in [1.54, 1.807) is 12.4 Å². The normalized spacial score (nSPS) is 12.4. The highest BCUT2D eigenvalue weighted by molar-refractivity contribution is 5.14. The first kappa shape index (κ1) is 10.9. The number of rotatable bonds is 5. The predicted octanol–water partition coefficient (Wildman–Crippen LogP) is 2.09. The Morgan fingerprint density at radius 2 is 2.36 bits per heavy atom. The number of aromatic nitrogens is 2. The van der Waals surface area contributed by atoms with Crippen LogP contribution in [0.4, 0.5) is 0 Å². The van der Waals surface area contributed by atoms with Gasteiger partial charge in [0, 0.05) is 12.2 Å². The van der Waals surface area contributed by atoms with Gasteiger partial charge in [-0.3, -0.25) is 0 Å². The average molecular weight is 191 g/mol. The number of nitrogens with one attached hydrogen (secondary N) is 1. The second-order valence-electron chi connectivity index (χ2n) is 3.45. The van der Waals surface area contributed by atoms with Crippen LogP contribution in [-0.4, -0.2) is 16.7 Å². The molecule has 3 nitrogen and oxygen atoms in total. The van der Waals surface area contributed by atoms with Gasteiger partial charge >= 0.3 is 0 Å². The van der Waals surface area contributed by atoms with Gasteiger partial charge in [0.2, 0.25) is 0 Å². The van der Waals surface area contributed by atoms with E-state index in [0.29, 0.717) is 6.04 Å². The topological polar surface area (TPSA) is 37.8 Å². The molecule has 1 heterocycles. The van der Waals surface area contributed by atoms with Crippen LogP contribution in [0, 0.1) is 0 Å². The van der Waals surface area contributed by atoms with E-state index in [9.17, 15) is 0 Å². The van der Waals surface area contributed by atoms with E-state index < -0.39 is 0 Å². The van der Waals surface area contributed by atoms with Crippen molar-refractivity contribution in [3.8, 4) is 0 Å². The zero-order valence-electron chi connectivity index (χ0n) is 8.83. The fourth-order valence-electron chi connectivity index (χ4n) is 1.41. The molecule has 0 aliphatic carbocycles. The number of hydrogen-bond donors (Lipinski definition) is 1. The summed E-state index contributed by atoms with van der Waals surface area (Å²) in [5, 5.41) is 11.0. The minimum absolute atomic E-state index is 0.313. The van der Waals surface area contributed by atoms with Crippen LogP contribution in [0.5, 0.6) is 0 Å². The Bertz CT molecular complexity index is 282. The standard InChI is InChI=1S/C11H17N3/c1-4-12-11(7-9(2)3)10-5-6-13-14-8-10/h5-6,8,11-12H,2,4,7H2,1,3H3. The Kier molecular flexibility index (Phi) is 4.26. The van der Waals surface area contributed by atoms with Gasteiger partial charge in [0.05, 0.1) is 6.20 Å². The third-order valence-electron chi connectivity index (χ3n) is 2.01. The second kappa shape index (κ2) is 5.50. The van der Waals surface area contributed by atoms with E-state index in [4.69, 9.17) is 0 Å². The quantitative estimate of drug-likeness (QED) is 0.724. The molecule has 76 valence electrons. The maximum atomic E-state index is 3.93. The predicted molar refractivity (Wildman–Crippen MR) is 57.9 cm³/mol. The first-order chi connectivity index (χ1) is 6.74. The lowest BCUT2D eigenvalue weighted by molar-refractivity contribution is 0.545. The molecule has 1 unspecified atom stereocenters. The van der Waals surface area contributed by atoms with Gasteiger partial charge in [0.1, 0.15) is 0 Å². The van der Waals surface area contributed by atoms with E-state index in [1.165, 1.54) is 11.1 Å². The van der Waals surface area contributed by atoms with E-state index in [1.807, 2.05) is 13.0 Å². The fraction of sp³-hybridized carbons (Fsp3) is 0.455. The SMILES string of the molecule is C=C(C)CC(NCC)c1ccnnc1. The van der Waals surface area contributed by atoms with Crippen molar-refractivity contribution in [3.05, 3.63) is 36.2 Å². The lowest BCUT2D eigenvalue weighted by Gasteiger charge is -2.17. The van der Waals surface area contributed by atoms with Crippen LogP contribution in [-0.2, 0) is 0 Å². The van der Waals surface area contributed by atoms with Crippen molar-refractivity contribution in [2.45, 2.75) is 26.3 Å². The summed E-state index contributed by atoms with van der Waals surface area (Å²) in [6.07, 6.45) is 4.47. The van der Waals surface area contributed by atoms with E-state index in [2.05, 4.69) is 29.0 Å². The van der Waals surface area contributed by atoms with Crippen molar-refractivity contribution in [3.63, 3.8) is 0 Å². The van der Waals surface area contributed by atoms with Gasteiger partial charge in [0.25, 0.3) is 0 Å². The van der Waals surface area contributed by atoms with E-state index in [0.717, 1.165) is 13.0 Å². The molecule has 1 aromatic rings. The molecule has 0 radical (unpaired) electrons. The second-order valence-corrected chi connectivity index (χ2v) is 3.45. The van der Waals surface area contributed by atoms with Crippen LogP contribution in [0.1, 0.15) is 31.9 Å². The van der Waals surface area contributed by atoms with Crippen molar-refractivity contribution < 1.29 is 0 Å². The van der Waals surface area contributed by atoms with Crippen LogP contribution in [0.15, 0.2) is 30.6 Å². The Balaban J connectivity index is 2.72. The van der Waals surface area contributed by atoms with Gasteiger partial charge in [-0.2, -0.15) is 10.2 Å². The van der Waals surface area contributed by atoms with Gasteiger partial charge < -0.3 is 5.32 Å². The summed E-state index contributed by atoms with van der Waals surface area (Å²) in [4.78, 5) is 0. The summed E-state index contributed by atoms with van der Waals surface area (Å²) >= 11 is 0. The molecule has 0 aliphatic rings. The summed E-state index contributed by atoms with van der Waals surface area (Å²) in [5.41, 5.74) is 2.35. The maximum Gasteiger partial charge on any atom is 0.0544 e. The molecule has 1 N–H and O–H groups in total. The Morgan fingerprint density at radius 1 is 1.57 bits per heavy atom. The maximum absolute atomic E-state index is 3.93. The smallest absolute Gasteiger partial charge is 0.0544 e. The molecule has 1 atom stereocenters. The van der Waals surface area contributed by atoms with Gasteiger partial charge in [-0.25, -0.2) is 0 Å². The van der Waals surface area contributed by atoms with Crippen molar-refractivity contribution in [2.75, 3.05) is 6.54 Å². The largest absolute Gasteiger partial charge is 0.310 e. The molecule has 0 aliphatic heterocycles. The Labute approximate surface area is 85.3 Å². The van der Waals surface area contributed by atoms with Gasteiger partial charge in [-0.1, -0.05) is 12.5 Å². The minimum Gasteiger partial charge on any atom is -0.310 e. The van der Waals surface area contributed by atoms with Crippen LogP contribution in [0.3, 0.4) is 0 Å². The number of nitrogens with zero attached hydrogens (tertiary/aromatic N) is 2. The lowest BCUT2D eigenvalue weighted by atomic mass is 10.0. The molecule has 3 heteroatoms. The first-order valence-electron chi connectivity index (χ1n) is 4.88. The molecule has 14 heavy (non-hydrogen) atoms. The van der Waals surface area contributed by atoms with Crippen molar-refractivity contribution in [1.29, 1.82) is 0 Å². The lowest BCUT2D eigenvalue weighted by Crippen LogP contribution is -2.21. The summed E-state index contributed by atoms with van der Waals surface area (Å²) in [5.74, 6) is 0. The summed E-state index contributed by atoms with van der Waals surface area (Å²) in [6.45, 7) is 9.01. The molecule has 0 saturated carbocycles. The first-order valence-corrected chi connectivity index (χ1v) is 4.88. The molecular formula is C11H17N3. The van der Waals surface area contributed by atoms with E-state index in [-0.39, 0.29) is 0 Å². The Morgan fingerprint density at radius 3 is 2.86 bits per heavy atom. The van der Waals surface area contributed by atoms with Gasteiger partial charge in [-0.05, 0) is 31.5 Å². The third kappa shape index (κ3) is 3.26. The van der Waals surface area contributed by atoms with Crippen LogP contribution in [0.2, 0.25) is 0 Å². The average Bonchev–Trinajstić information content (AvgIpc) is 2.18. The molecule has 0 aromatic carbocycles. The summed E-state index contributed by atoms with van der Waals surface area (Å²) in [7, 11) is 0. The monoisotopic (exact) mass is 191 g/mol. The minimum atomic E-state index is 0.313. The molecule has 0 amide bonds. The third-order valence-corrected chi connectivity index (χ3v) is 2.01. The number of hydrogen-bond acceptors (Lipinski definition) is 3. The van der Waals surface area contributed by atoms with Crippen molar-refractivity contribution >= 4 is 0 Å². The highest BCUT2D eigenvalue weighted by Crippen LogP contribution is 2.18. The molecule has 0 bridgehead atoms. The van der Waals surface area contributed by atoms with Crippen LogP contribution >= 0.6 is 0 Å². The van der Waals surface area contributed by atoms with Crippen LogP contribution in [0.25, 0.3) is 0 Å². The molecule has 1 aromatic heterocycles. The Hall–Kier alpha value is -1.22. The molecule has 0 fully saturated rings. The van der Waals surface area contributed by atoms with E-state index >= 15 is 0 Å². The highest BCUT2D eigenvalue weighted by Gasteiger charge is 2.09. The zero-order valence-corrected chi connectivity index (χ0v) is 8.83. The van der Waals surface area contributed by atoms with Gasteiger partial charge in [-0.15, -0.1) is 6.58 Å². The highest BCUT2D eigenvalue weighted by atomic mass is 15.1. The van der Waals surface area contributed by atoms with Crippen molar-refractivity contribution in [1.82, 2.24) is 15.5 Å². The molecule has 0 saturated heterocycles.